The van der Waals surface area contributed by atoms with E-state index in [-0.39, 0.29) is 0 Å². The number of aliphatic imine (C=N–C) groups is 1. The molecular formula is C19H22N2O2S. The minimum Gasteiger partial charge on any atom is -0.269 e. The zero-order chi connectivity index (χ0) is 17.3. The second kappa shape index (κ2) is 6.40. The molecule has 3 rings (SSSR count). The first-order valence-corrected chi connectivity index (χ1v) is 9.51. The van der Waals surface area contributed by atoms with E-state index in [1.54, 1.807) is 0 Å². The molecule has 0 fully saturated rings. The Hall–Kier alpha value is -2.14. The maximum Gasteiger partial charge on any atom is 0.265 e. The highest BCUT2D eigenvalue weighted by Gasteiger charge is 2.32. The smallest absolute Gasteiger partial charge is 0.265 e. The van der Waals surface area contributed by atoms with Crippen LogP contribution in [0.5, 0.6) is 0 Å². The minimum absolute atomic E-state index is 0.413. The summed E-state index contributed by atoms with van der Waals surface area (Å²) in [7, 11) is -3.58. The van der Waals surface area contributed by atoms with Gasteiger partial charge in [-0.15, -0.1) is 0 Å². The fourth-order valence-corrected chi connectivity index (χ4v) is 5.22. The Bertz CT molecular complexity index is 864. The summed E-state index contributed by atoms with van der Waals surface area (Å²) in [6.45, 7) is 6.63. The standard InChI is InChI=1S/C19H22N2O2S/c1-14-11-15(2)19(16(3)12-14)24(22,23)21-10-9-20-18(21)13-17-7-5-4-6-8-17/h4-8,11-12H,9-10,13H2,1-3H3. The molecule has 0 unspecified atom stereocenters. The van der Waals surface area contributed by atoms with Gasteiger partial charge in [0.2, 0.25) is 0 Å². The van der Waals surface area contributed by atoms with E-state index in [1.807, 2.05) is 63.2 Å². The Morgan fingerprint density at radius 1 is 1.04 bits per heavy atom. The van der Waals surface area contributed by atoms with Crippen LogP contribution in [-0.4, -0.2) is 31.6 Å². The Kier molecular flexibility index (Phi) is 4.45. The molecule has 0 saturated carbocycles. The number of sulfonamides is 1. The molecule has 24 heavy (non-hydrogen) atoms. The van der Waals surface area contributed by atoms with Crippen LogP contribution >= 0.6 is 0 Å². The topological polar surface area (TPSA) is 49.7 Å². The van der Waals surface area contributed by atoms with Crippen LogP contribution in [0.3, 0.4) is 0 Å². The van der Waals surface area contributed by atoms with Gasteiger partial charge in [-0.05, 0) is 37.5 Å². The second-order valence-electron chi connectivity index (χ2n) is 6.27. The Labute approximate surface area is 143 Å². The van der Waals surface area contributed by atoms with Crippen LogP contribution in [0.4, 0.5) is 0 Å². The summed E-state index contributed by atoms with van der Waals surface area (Å²) in [6, 6.07) is 13.7. The second-order valence-corrected chi connectivity index (χ2v) is 8.06. The van der Waals surface area contributed by atoms with Crippen molar-refractivity contribution in [3.8, 4) is 0 Å². The molecule has 1 aliphatic heterocycles. The number of aryl methyl sites for hydroxylation is 3. The molecule has 2 aromatic rings. The van der Waals surface area contributed by atoms with E-state index in [0.717, 1.165) is 22.3 Å². The summed E-state index contributed by atoms with van der Waals surface area (Å²) < 4.78 is 27.9. The van der Waals surface area contributed by atoms with Crippen LogP contribution in [0.25, 0.3) is 0 Å². The molecule has 1 heterocycles. The molecule has 126 valence electrons. The summed E-state index contributed by atoms with van der Waals surface area (Å²) in [5.74, 6) is 0.626. The van der Waals surface area contributed by atoms with Gasteiger partial charge in [-0.25, -0.2) is 8.42 Å². The first-order chi connectivity index (χ1) is 11.4. The summed E-state index contributed by atoms with van der Waals surface area (Å²) in [6.07, 6.45) is 0.532. The van der Waals surface area contributed by atoms with Crippen molar-refractivity contribution in [2.45, 2.75) is 32.1 Å². The Balaban J connectivity index is 1.97. The van der Waals surface area contributed by atoms with Gasteiger partial charge in [-0.3, -0.25) is 9.30 Å². The van der Waals surface area contributed by atoms with Crippen LogP contribution in [-0.2, 0) is 16.4 Å². The molecule has 1 aliphatic rings. The number of hydrogen-bond acceptors (Lipinski definition) is 3. The molecule has 0 aromatic heterocycles. The highest BCUT2D eigenvalue weighted by Crippen LogP contribution is 2.27. The summed E-state index contributed by atoms with van der Waals surface area (Å²) in [4.78, 5) is 4.86. The number of nitrogens with zero attached hydrogens (tertiary/aromatic N) is 2. The SMILES string of the molecule is Cc1cc(C)c(S(=O)(=O)N2CCN=C2Cc2ccccc2)c(C)c1. The van der Waals surface area contributed by atoms with E-state index in [1.165, 1.54) is 4.31 Å². The molecule has 0 atom stereocenters. The van der Waals surface area contributed by atoms with Gasteiger partial charge in [0.1, 0.15) is 5.84 Å². The van der Waals surface area contributed by atoms with Gasteiger partial charge in [-0.2, -0.15) is 0 Å². The molecule has 2 aromatic carbocycles. The van der Waals surface area contributed by atoms with E-state index < -0.39 is 10.0 Å². The van der Waals surface area contributed by atoms with Gasteiger partial charge in [0.15, 0.2) is 0 Å². The Morgan fingerprint density at radius 2 is 1.67 bits per heavy atom. The molecular weight excluding hydrogens is 320 g/mol. The number of hydrogen-bond donors (Lipinski definition) is 0. The van der Waals surface area contributed by atoms with Gasteiger partial charge in [0.05, 0.1) is 18.0 Å². The van der Waals surface area contributed by atoms with Gasteiger partial charge < -0.3 is 0 Å². The zero-order valence-corrected chi connectivity index (χ0v) is 15.1. The zero-order valence-electron chi connectivity index (χ0n) is 14.3. The van der Waals surface area contributed by atoms with Crippen LogP contribution in [0, 0.1) is 20.8 Å². The van der Waals surface area contributed by atoms with Gasteiger partial charge >= 0.3 is 0 Å². The van der Waals surface area contributed by atoms with Crippen molar-refractivity contribution < 1.29 is 8.42 Å². The van der Waals surface area contributed by atoms with Crippen LogP contribution in [0.2, 0.25) is 0 Å². The molecule has 0 radical (unpaired) electrons. The normalized spacial score (nSPS) is 14.8. The lowest BCUT2D eigenvalue weighted by Crippen LogP contribution is -2.36. The number of amidine groups is 1. The van der Waals surface area contributed by atoms with Gasteiger partial charge in [-0.1, -0.05) is 48.0 Å². The summed E-state index contributed by atoms with van der Waals surface area (Å²) in [5.41, 5.74) is 3.72. The van der Waals surface area contributed by atoms with Crippen LogP contribution in [0.15, 0.2) is 52.4 Å². The average Bonchev–Trinajstić information content (AvgIpc) is 2.96. The predicted octanol–water partition coefficient (Wildman–Crippen LogP) is 3.26. The molecule has 0 bridgehead atoms. The van der Waals surface area contributed by atoms with Crippen LogP contribution in [0.1, 0.15) is 22.3 Å². The predicted molar refractivity (Wildman–Crippen MR) is 97.0 cm³/mol. The maximum atomic E-state index is 13.2. The third kappa shape index (κ3) is 3.08. The summed E-state index contributed by atoms with van der Waals surface area (Å²) in [5, 5.41) is 0. The van der Waals surface area contributed by atoms with Crippen molar-refractivity contribution in [3.05, 3.63) is 64.7 Å². The molecule has 0 saturated heterocycles. The molecule has 0 N–H and O–H groups in total. The maximum absolute atomic E-state index is 13.2. The van der Waals surface area contributed by atoms with Crippen molar-refractivity contribution in [2.75, 3.05) is 13.1 Å². The first kappa shape index (κ1) is 16.7. The first-order valence-electron chi connectivity index (χ1n) is 8.07. The van der Waals surface area contributed by atoms with Crippen molar-refractivity contribution in [3.63, 3.8) is 0 Å². The molecule has 0 aliphatic carbocycles. The Morgan fingerprint density at radius 3 is 2.29 bits per heavy atom. The quantitative estimate of drug-likeness (QED) is 0.856. The monoisotopic (exact) mass is 342 g/mol. The highest BCUT2D eigenvalue weighted by molar-refractivity contribution is 7.89. The third-order valence-electron chi connectivity index (χ3n) is 4.24. The van der Waals surface area contributed by atoms with Gasteiger partial charge in [0.25, 0.3) is 10.0 Å². The lowest BCUT2D eigenvalue weighted by Gasteiger charge is -2.23. The van der Waals surface area contributed by atoms with Crippen LogP contribution < -0.4 is 0 Å². The molecule has 0 amide bonds. The summed E-state index contributed by atoms with van der Waals surface area (Å²) >= 11 is 0. The molecule has 5 heteroatoms. The van der Waals surface area contributed by atoms with Crippen molar-refractivity contribution >= 4 is 15.9 Å². The fraction of sp³-hybridized carbons (Fsp3) is 0.316. The van der Waals surface area contributed by atoms with E-state index >= 15 is 0 Å². The fourth-order valence-electron chi connectivity index (χ4n) is 3.34. The van der Waals surface area contributed by atoms with Crippen molar-refractivity contribution in [2.24, 2.45) is 4.99 Å². The molecule has 0 spiro atoms. The third-order valence-corrected chi connectivity index (χ3v) is 6.38. The molecule has 4 nitrogen and oxygen atoms in total. The van der Waals surface area contributed by atoms with E-state index in [9.17, 15) is 8.42 Å². The number of benzene rings is 2. The van der Waals surface area contributed by atoms with E-state index in [2.05, 4.69) is 4.99 Å². The lowest BCUT2D eigenvalue weighted by molar-refractivity contribution is 0.534. The minimum atomic E-state index is -3.58. The van der Waals surface area contributed by atoms with E-state index in [0.29, 0.717) is 30.2 Å². The highest BCUT2D eigenvalue weighted by atomic mass is 32.2. The van der Waals surface area contributed by atoms with Crippen molar-refractivity contribution in [1.82, 2.24) is 4.31 Å². The average molecular weight is 342 g/mol. The van der Waals surface area contributed by atoms with Crippen molar-refractivity contribution in [1.29, 1.82) is 0 Å². The largest absolute Gasteiger partial charge is 0.269 e. The van der Waals surface area contributed by atoms with E-state index in [4.69, 9.17) is 0 Å². The lowest BCUT2D eigenvalue weighted by atomic mass is 10.1. The van der Waals surface area contributed by atoms with Gasteiger partial charge in [0, 0.05) is 6.42 Å². The number of rotatable bonds is 4.